The summed E-state index contributed by atoms with van der Waals surface area (Å²) in [5, 5.41) is 11.3. The molecule has 34 heavy (non-hydrogen) atoms. The lowest BCUT2D eigenvalue weighted by Gasteiger charge is -2.26. The minimum Gasteiger partial charge on any atom is -0.507 e. The van der Waals surface area contributed by atoms with Crippen LogP contribution < -0.4 is 9.47 Å². The number of likely N-dealkylation sites (tertiary alicyclic amines) is 1. The second-order valence-corrected chi connectivity index (χ2v) is 8.53. The van der Waals surface area contributed by atoms with Crippen LogP contribution in [0.2, 0.25) is 0 Å². The van der Waals surface area contributed by atoms with Gasteiger partial charge in [-0.25, -0.2) is 0 Å². The first-order valence-corrected chi connectivity index (χ1v) is 11.8. The standard InChI is InChI=1S/C27H34N2O5/c1-5-7-17-34-22-10-8-9-20(18-22)25(30)23-24(19-11-13-21(14-12-19)33-6-2)29(16-15-28(3)4)27(32)26(23)31/h8-14,18,24,30H,5-7,15-17H2,1-4H3. The Morgan fingerprint density at radius 1 is 1.03 bits per heavy atom. The van der Waals surface area contributed by atoms with E-state index in [1.807, 2.05) is 56.3 Å². The van der Waals surface area contributed by atoms with Gasteiger partial charge in [-0.3, -0.25) is 9.59 Å². The minimum absolute atomic E-state index is 0.0821. The summed E-state index contributed by atoms with van der Waals surface area (Å²) in [4.78, 5) is 29.7. The summed E-state index contributed by atoms with van der Waals surface area (Å²) in [5.41, 5.74) is 1.26. The van der Waals surface area contributed by atoms with Gasteiger partial charge in [-0.05, 0) is 57.3 Å². The minimum atomic E-state index is -0.694. The first-order chi connectivity index (χ1) is 16.4. The quantitative estimate of drug-likeness (QED) is 0.231. The lowest BCUT2D eigenvalue weighted by atomic mass is 9.95. The van der Waals surface area contributed by atoms with E-state index >= 15 is 0 Å². The summed E-state index contributed by atoms with van der Waals surface area (Å²) in [6.07, 6.45) is 1.93. The van der Waals surface area contributed by atoms with Gasteiger partial charge in [0.1, 0.15) is 17.3 Å². The van der Waals surface area contributed by atoms with Crippen LogP contribution in [-0.2, 0) is 9.59 Å². The van der Waals surface area contributed by atoms with Gasteiger partial charge in [0.25, 0.3) is 11.7 Å². The van der Waals surface area contributed by atoms with Gasteiger partial charge >= 0.3 is 0 Å². The first-order valence-electron chi connectivity index (χ1n) is 11.8. The fourth-order valence-corrected chi connectivity index (χ4v) is 3.90. The number of carbonyl (C=O) groups is 2. The van der Waals surface area contributed by atoms with E-state index in [1.54, 1.807) is 18.2 Å². The SMILES string of the molecule is CCCCOc1cccc(C(O)=C2C(=O)C(=O)N(CCN(C)C)C2c2ccc(OCC)cc2)c1. The van der Waals surface area contributed by atoms with Crippen LogP contribution in [0.3, 0.4) is 0 Å². The molecule has 1 aliphatic rings. The van der Waals surface area contributed by atoms with Gasteiger partial charge in [0.15, 0.2) is 0 Å². The zero-order chi connectivity index (χ0) is 24.7. The number of benzene rings is 2. The van der Waals surface area contributed by atoms with E-state index in [-0.39, 0.29) is 11.3 Å². The van der Waals surface area contributed by atoms with E-state index in [1.165, 1.54) is 4.90 Å². The number of rotatable bonds is 11. The Labute approximate surface area is 201 Å². The molecule has 7 nitrogen and oxygen atoms in total. The van der Waals surface area contributed by atoms with Crippen molar-refractivity contribution >= 4 is 17.4 Å². The average Bonchev–Trinajstić information content (AvgIpc) is 3.08. The molecule has 1 saturated heterocycles. The molecule has 7 heteroatoms. The molecular formula is C27H34N2O5. The van der Waals surface area contributed by atoms with Gasteiger partial charge < -0.3 is 24.4 Å². The normalized spacial score (nSPS) is 17.4. The number of aliphatic hydroxyl groups is 1. The molecule has 1 amide bonds. The van der Waals surface area contributed by atoms with Crippen LogP contribution >= 0.6 is 0 Å². The van der Waals surface area contributed by atoms with Crippen LogP contribution in [0.15, 0.2) is 54.1 Å². The Morgan fingerprint density at radius 2 is 1.76 bits per heavy atom. The number of Topliss-reactive ketones (excluding diaryl/α,β-unsaturated/α-hetero) is 1. The van der Waals surface area contributed by atoms with Crippen LogP contribution in [0.1, 0.15) is 43.9 Å². The predicted molar refractivity (Wildman–Crippen MR) is 132 cm³/mol. The number of amides is 1. The molecule has 1 N–H and O–H groups in total. The van der Waals surface area contributed by atoms with Crippen molar-refractivity contribution in [1.82, 2.24) is 9.80 Å². The molecule has 2 aromatic rings. The Balaban J connectivity index is 2.04. The first kappa shape index (κ1) is 25.3. The third kappa shape index (κ3) is 5.78. The zero-order valence-electron chi connectivity index (χ0n) is 20.4. The Hall–Kier alpha value is -3.32. The molecule has 0 saturated carbocycles. The Morgan fingerprint density at radius 3 is 2.41 bits per heavy atom. The van der Waals surface area contributed by atoms with Crippen LogP contribution in [-0.4, -0.2) is 67.0 Å². The predicted octanol–water partition coefficient (Wildman–Crippen LogP) is 4.25. The van der Waals surface area contributed by atoms with Crippen molar-refractivity contribution in [1.29, 1.82) is 0 Å². The molecule has 3 rings (SSSR count). The molecule has 2 aromatic carbocycles. The summed E-state index contributed by atoms with van der Waals surface area (Å²) < 4.78 is 11.3. The second kappa shape index (κ2) is 11.7. The maximum atomic E-state index is 13.1. The molecule has 0 aliphatic carbocycles. The van der Waals surface area contributed by atoms with Crippen LogP contribution in [0.4, 0.5) is 0 Å². The third-order valence-corrected chi connectivity index (χ3v) is 5.71. The molecule has 0 aromatic heterocycles. The summed E-state index contributed by atoms with van der Waals surface area (Å²) in [5.74, 6) is -0.194. The van der Waals surface area contributed by atoms with Crippen LogP contribution in [0.5, 0.6) is 11.5 Å². The van der Waals surface area contributed by atoms with E-state index in [4.69, 9.17) is 9.47 Å². The highest BCUT2D eigenvalue weighted by atomic mass is 16.5. The maximum Gasteiger partial charge on any atom is 0.295 e. The molecule has 1 aliphatic heterocycles. The number of hydrogen-bond donors (Lipinski definition) is 1. The van der Waals surface area contributed by atoms with Crippen molar-refractivity contribution in [2.24, 2.45) is 0 Å². The van der Waals surface area contributed by atoms with E-state index in [2.05, 4.69) is 6.92 Å². The fourth-order valence-electron chi connectivity index (χ4n) is 3.90. The van der Waals surface area contributed by atoms with Crippen molar-refractivity contribution in [2.45, 2.75) is 32.7 Å². The lowest BCUT2D eigenvalue weighted by molar-refractivity contribution is -0.140. The fraction of sp³-hybridized carbons (Fsp3) is 0.407. The van der Waals surface area contributed by atoms with Gasteiger partial charge in [0.05, 0.1) is 24.8 Å². The molecule has 182 valence electrons. The van der Waals surface area contributed by atoms with Crippen molar-refractivity contribution in [3.05, 3.63) is 65.2 Å². The van der Waals surface area contributed by atoms with Gasteiger partial charge in [0, 0.05) is 18.7 Å². The zero-order valence-corrected chi connectivity index (χ0v) is 20.4. The van der Waals surface area contributed by atoms with Crippen molar-refractivity contribution in [3.8, 4) is 11.5 Å². The number of unbranched alkanes of at least 4 members (excludes halogenated alkanes) is 1. The highest BCUT2D eigenvalue weighted by molar-refractivity contribution is 6.46. The second-order valence-electron chi connectivity index (χ2n) is 8.53. The van der Waals surface area contributed by atoms with E-state index in [0.29, 0.717) is 43.4 Å². The molecule has 1 heterocycles. The highest BCUT2D eigenvalue weighted by Crippen LogP contribution is 2.40. The highest BCUT2D eigenvalue weighted by Gasteiger charge is 2.45. The topological polar surface area (TPSA) is 79.3 Å². The van der Waals surface area contributed by atoms with Gasteiger partial charge in [-0.15, -0.1) is 0 Å². The molecule has 0 spiro atoms. The molecule has 1 fully saturated rings. The number of ketones is 1. The largest absolute Gasteiger partial charge is 0.507 e. The Kier molecular flexibility index (Phi) is 8.71. The number of aliphatic hydroxyl groups excluding tert-OH is 1. The monoisotopic (exact) mass is 466 g/mol. The van der Waals surface area contributed by atoms with Gasteiger partial charge in [-0.1, -0.05) is 37.6 Å². The summed E-state index contributed by atoms with van der Waals surface area (Å²) in [6, 6.07) is 13.6. The average molecular weight is 467 g/mol. The maximum absolute atomic E-state index is 13.1. The smallest absolute Gasteiger partial charge is 0.295 e. The molecule has 1 unspecified atom stereocenters. The van der Waals surface area contributed by atoms with Crippen LogP contribution in [0, 0.1) is 0 Å². The van der Waals surface area contributed by atoms with Crippen molar-refractivity contribution < 1.29 is 24.2 Å². The lowest BCUT2D eigenvalue weighted by Crippen LogP contribution is -2.35. The van der Waals surface area contributed by atoms with E-state index < -0.39 is 17.7 Å². The number of hydrogen-bond acceptors (Lipinski definition) is 6. The molecular weight excluding hydrogens is 432 g/mol. The number of nitrogens with zero attached hydrogens (tertiary/aromatic N) is 2. The van der Waals surface area contributed by atoms with Crippen LogP contribution in [0.25, 0.3) is 5.76 Å². The van der Waals surface area contributed by atoms with Crippen molar-refractivity contribution in [2.75, 3.05) is 40.4 Å². The van der Waals surface area contributed by atoms with E-state index in [0.717, 1.165) is 18.4 Å². The van der Waals surface area contributed by atoms with Crippen molar-refractivity contribution in [3.63, 3.8) is 0 Å². The summed E-state index contributed by atoms with van der Waals surface area (Å²) in [7, 11) is 3.82. The third-order valence-electron chi connectivity index (χ3n) is 5.71. The molecule has 0 radical (unpaired) electrons. The Bertz CT molecular complexity index is 1030. The number of carbonyl (C=O) groups excluding carboxylic acids is 2. The van der Waals surface area contributed by atoms with E-state index in [9.17, 15) is 14.7 Å². The molecule has 0 bridgehead atoms. The van der Waals surface area contributed by atoms with Gasteiger partial charge in [0.2, 0.25) is 0 Å². The molecule has 1 atom stereocenters. The number of ether oxygens (including phenoxy) is 2. The summed E-state index contributed by atoms with van der Waals surface area (Å²) in [6.45, 7) is 6.04. The number of likely N-dealkylation sites (N-methyl/N-ethyl adjacent to an activating group) is 1. The van der Waals surface area contributed by atoms with Gasteiger partial charge in [-0.2, -0.15) is 0 Å². The summed E-state index contributed by atoms with van der Waals surface area (Å²) >= 11 is 0.